The van der Waals surface area contributed by atoms with Crippen molar-refractivity contribution >= 4 is 32.3 Å². The Morgan fingerprint density at radius 2 is 0.735 bits per heavy atom. The van der Waals surface area contributed by atoms with Crippen LogP contribution in [0.2, 0.25) is 0 Å². The van der Waals surface area contributed by atoms with E-state index in [9.17, 15) is 0 Å². The van der Waals surface area contributed by atoms with Crippen LogP contribution < -0.4 is 0 Å². The molecule has 0 unspecified atom stereocenters. The van der Waals surface area contributed by atoms with E-state index in [2.05, 4.69) is 182 Å². The van der Waals surface area contributed by atoms with Gasteiger partial charge >= 0.3 is 0 Å². The highest BCUT2D eigenvalue weighted by Gasteiger charge is 2.52. The molecule has 0 heterocycles. The number of fused-ring (bicyclic) bond motifs is 14. The lowest BCUT2D eigenvalue weighted by atomic mass is 9.70. The summed E-state index contributed by atoms with van der Waals surface area (Å²) >= 11 is 0. The van der Waals surface area contributed by atoms with E-state index in [0.717, 1.165) is 0 Å². The molecule has 0 aliphatic heterocycles. The highest BCUT2D eigenvalue weighted by atomic mass is 14.5. The zero-order valence-electron chi connectivity index (χ0n) is 26.8. The monoisotopic (exact) mass is 618 g/mol. The van der Waals surface area contributed by atoms with Gasteiger partial charge in [0, 0.05) is 0 Å². The molecule has 0 amide bonds. The second kappa shape index (κ2) is 9.89. The molecule has 0 heteroatoms. The quantitative estimate of drug-likeness (QED) is 0.181. The first-order valence-electron chi connectivity index (χ1n) is 17.2. The van der Waals surface area contributed by atoms with Crippen molar-refractivity contribution in [3.05, 3.63) is 204 Å². The summed E-state index contributed by atoms with van der Waals surface area (Å²) in [7, 11) is 0. The van der Waals surface area contributed by atoms with Crippen LogP contribution >= 0.6 is 0 Å². The van der Waals surface area contributed by atoms with Gasteiger partial charge in [0.2, 0.25) is 0 Å². The van der Waals surface area contributed by atoms with Gasteiger partial charge in [-0.1, -0.05) is 158 Å². The first-order chi connectivity index (χ1) is 24.3. The second-order valence-corrected chi connectivity index (χ2v) is 13.6. The largest absolute Gasteiger partial charge is 0.0725 e. The van der Waals surface area contributed by atoms with Crippen LogP contribution in [0.1, 0.15) is 22.3 Å². The molecule has 0 N–H and O–H groups in total. The van der Waals surface area contributed by atoms with E-state index in [1.807, 2.05) is 0 Å². The average molecular weight is 619 g/mol. The molecule has 11 rings (SSSR count). The second-order valence-electron chi connectivity index (χ2n) is 13.6. The maximum absolute atomic E-state index is 2.49. The molecule has 0 nitrogen and oxygen atoms in total. The highest BCUT2D eigenvalue weighted by molar-refractivity contribution is 6.06. The predicted molar refractivity (Wildman–Crippen MR) is 206 cm³/mol. The van der Waals surface area contributed by atoms with Crippen molar-refractivity contribution in [3.8, 4) is 44.5 Å². The molecular formula is C49H30. The van der Waals surface area contributed by atoms with Gasteiger partial charge in [0.1, 0.15) is 0 Å². The van der Waals surface area contributed by atoms with Crippen LogP contribution in [0.5, 0.6) is 0 Å². The summed E-state index contributed by atoms with van der Waals surface area (Å²) in [5.41, 5.74) is 15.5. The van der Waals surface area contributed by atoms with E-state index >= 15 is 0 Å². The Hall–Kier alpha value is -6.24. The summed E-state index contributed by atoms with van der Waals surface area (Å²) in [6.45, 7) is 0. The van der Waals surface area contributed by atoms with Crippen molar-refractivity contribution in [2.24, 2.45) is 0 Å². The van der Waals surface area contributed by atoms with Crippen molar-refractivity contribution < 1.29 is 0 Å². The van der Waals surface area contributed by atoms with Gasteiger partial charge in [0.05, 0.1) is 5.41 Å². The van der Waals surface area contributed by atoms with Gasteiger partial charge in [-0.15, -0.1) is 0 Å². The van der Waals surface area contributed by atoms with E-state index in [1.165, 1.54) is 99.1 Å². The Morgan fingerprint density at radius 1 is 0.265 bits per heavy atom. The molecule has 49 heavy (non-hydrogen) atoms. The minimum Gasteiger partial charge on any atom is -0.0619 e. The van der Waals surface area contributed by atoms with Gasteiger partial charge in [-0.25, -0.2) is 0 Å². The fourth-order valence-corrected chi connectivity index (χ4v) is 9.06. The maximum atomic E-state index is 2.49. The van der Waals surface area contributed by atoms with Crippen LogP contribution in [0.15, 0.2) is 182 Å². The van der Waals surface area contributed by atoms with E-state index in [1.54, 1.807) is 0 Å². The molecule has 0 saturated heterocycles. The lowest BCUT2D eigenvalue weighted by Gasteiger charge is -2.30. The van der Waals surface area contributed by atoms with Crippen LogP contribution in [-0.2, 0) is 5.41 Å². The summed E-state index contributed by atoms with van der Waals surface area (Å²) in [6.07, 6.45) is 0. The molecule has 0 saturated carbocycles. The molecule has 0 fully saturated rings. The SMILES string of the molecule is c1ccc2c(c1)-c1ccccc1C21c2cc(-c3ccc4cc(-c5ccc6ccccc6c5)ccc4c3)ccc2-c2c1ccc1ccccc21. The molecule has 2 aliphatic carbocycles. The molecule has 9 aromatic rings. The zero-order chi connectivity index (χ0) is 32.1. The lowest BCUT2D eigenvalue weighted by Crippen LogP contribution is -2.25. The van der Waals surface area contributed by atoms with Gasteiger partial charge in [0.15, 0.2) is 0 Å². The Bertz CT molecular complexity index is 2790. The summed E-state index contributed by atoms with van der Waals surface area (Å²) < 4.78 is 0. The highest BCUT2D eigenvalue weighted by Crippen LogP contribution is 2.64. The third kappa shape index (κ3) is 3.64. The number of benzene rings is 9. The maximum Gasteiger partial charge on any atom is 0.0725 e. The van der Waals surface area contributed by atoms with E-state index < -0.39 is 0 Å². The molecule has 0 atom stereocenters. The normalized spacial score (nSPS) is 13.5. The lowest BCUT2D eigenvalue weighted by molar-refractivity contribution is 0.795. The Kier molecular flexibility index (Phi) is 5.41. The molecule has 0 aromatic heterocycles. The van der Waals surface area contributed by atoms with Crippen molar-refractivity contribution in [1.29, 1.82) is 0 Å². The Labute approximate surface area is 285 Å². The molecular weight excluding hydrogens is 589 g/mol. The van der Waals surface area contributed by atoms with Crippen LogP contribution in [0.4, 0.5) is 0 Å². The Balaban J connectivity index is 1.11. The minimum absolute atomic E-state index is 0.372. The Morgan fingerprint density at radius 3 is 1.41 bits per heavy atom. The smallest absolute Gasteiger partial charge is 0.0619 e. The third-order valence-corrected chi connectivity index (χ3v) is 11.2. The fourth-order valence-electron chi connectivity index (χ4n) is 9.06. The first-order valence-corrected chi connectivity index (χ1v) is 17.2. The molecule has 2 aliphatic rings. The number of hydrogen-bond donors (Lipinski definition) is 0. The van der Waals surface area contributed by atoms with Gasteiger partial charge < -0.3 is 0 Å². The van der Waals surface area contributed by atoms with Gasteiger partial charge in [0.25, 0.3) is 0 Å². The average Bonchev–Trinajstić information content (AvgIpc) is 3.64. The molecule has 226 valence electrons. The van der Waals surface area contributed by atoms with E-state index in [4.69, 9.17) is 0 Å². The summed E-state index contributed by atoms with van der Waals surface area (Å²) in [5, 5.41) is 7.65. The minimum atomic E-state index is -0.372. The van der Waals surface area contributed by atoms with Crippen LogP contribution in [0.25, 0.3) is 76.8 Å². The van der Waals surface area contributed by atoms with Gasteiger partial charge in [-0.3, -0.25) is 0 Å². The van der Waals surface area contributed by atoms with Gasteiger partial charge in [-0.2, -0.15) is 0 Å². The first kappa shape index (κ1) is 26.8. The summed E-state index contributed by atoms with van der Waals surface area (Å²) in [6, 6.07) is 68.1. The van der Waals surface area contributed by atoms with Crippen LogP contribution in [0, 0.1) is 0 Å². The van der Waals surface area contributed by atoms with E-state index in [0.29, 0.717) is 0 Å². The van der Waals surface area contributed by atoms with Crippen molar-refractivity contribution in [3.63, 3.8) is 0 Å². The van der Waals surface area contributed by atoms with Crippen molar-refractivity contribution in [2.45, 2.75) is 5.41 Å². The fraction of sp³-hybridized carbons (Fsp3) is 0.0204. The summed E-state index contributed by atoms with van der Waals surface area (Å²) in [4.78, 5) is 0. The zero-order valence-corrected chi connectivity index (χ0v) is 26.8. The van der Waals surface area contributed by atoms with E-state index in [-0.39, 0.29) is 5.41 Å². The standard InChI is InChI=1S/C49H30/c1-2-11-33-27-34(18-17-31(33)9-1)35-19-20-37-29-38(22-21-36(37)28-35)39-23-25-43-47(30-39)49(46-26-24-32-10-3-4-12-40(32)48(43)46)44-15-7-5-13-41(44)42-14-6-8-16-45(42)49/h1-30H. The van der Waals surface area contributed by atoms with Gasteiger partial charge in [-0.05, 0) is 123 Å². The van der Waals surface area contributed by atoms with Crippen LogP contribution in [0.3, 0.4) is 0 Å². The van der Waals surface area contributed by atoms with Crippen molar-refractivity contribution in [1.82, 2.24) is 0 Å². The summed E-state index contributed by atoms with van der Waals surface area (Å²) in [5.74, 6) is 0. The number of hydrogen-bond acceptors (Lipinski definition) is 0. The molecule has 1 spiro atoms. The van der Waals surface area contributed by atoms with Crippen molar-refractivity contribution in [2.75, 3.05) is 0 Å². The number of rotatable bonds is 2. The molecule has 9 aromatic carbocycles. The predicted octanol–water partition coefficient (Wildman–Crippen LogP) is 12.8. The third-order valence-electron chi connectivity index (χ3n) is 11.2. The molecule has 0 radical (unpaired) electrons. The topological polar surface area (TPSA) is 0 Å². The van der Waals surface area contributed by atoms with Crippen LogP contribution in [-0.4, -0.2) is 0 Å². The molecule has 0 bridgehead atoms.